The van der Waals surface area contributed by atoms with Crippen molar-refractivity contribution in [3.63, 3.8) is 0 Å². The topological polar surface area (TPSA) is 88.1 Å². The zero-order chi connectivity index (χ0) is 22.9. The Hall–Kier alpha value is -2.72. The molecule has 7 nitrogen and oxygen atoms in total. The highest BCUT2D eigenvalue weighted by atomic mass is 35.5. The van der Waals surface area contributed by atoms with Gasteiger partial charge in [-0.15, -0.1) is 4.40 Å². The fourth-order valence-electron chi connectivity index (χ4n) is 3.80. The first-order chi connectivity index (χ1) is 15.3. The molecule has 1 saturated heterocycles. The van der Waals surface area contributed by atoms with Gasteiger partial charge in [0.15, 0.2) is 0 Å². The van der Waals surface area contributed by atoms with Gasteiger partial charge in [-0.25, -0.2) is 0 Å². The van der Waals surface area contributed by atoms with E-state index >= 15 is 0 Å². The number of anilines is 1. The monoisotopic (exact) mass is 483 g/mol. The van der Waals surface area contributed by atoms with Crippen LogP contribution in [0.15, 0.2) is 45.7 Å². The lowest BCUT2D eigenvalue weighted by Gasteiger charge is -2.30. The van der Waals surface area contributed by atoms with E-state index in [0.717, 1.165) is 19.3 Å². The molecule has 2 aromatic carbocycles. The van der Waals surface area contributed by atoms with Gasteiger partial charge in [-0.2, -0.15) is 17.2 Å². The van der Waals surface area contributed by atoms with Crippen molar-refractivity contribution in [1.82, 2.24) is 5.32 Å². The van der Waals surface area contributed by atoms with E-state index in [4.69, 9.17) is 11.6 Å². The van der Waals surface area contributed by atoms with Gasteiger partial charge in [-0.1, -0.05) is 36.2 Å². The first-order valence-corrected chi connectivity index (χ1v) is 11.8. The molecular formula is C21H20ClF2N3O4S. The van der Waals surface area contributed by atoms with E-state index in [9.17, 15) is 22.0 Å². The third-order valence-electron chi connectivity index (χ3n) is 5.31. The van der Waals surface area contributed by atoms with Crippen LogP contribution in [0.5, 0.6) is 5.75 Å². The van der Waals surface area contributed by atoms with Gasteiger partial charge in [0.1, 0.15) is 16.5 Å². The molecule has 0 radical (unpaired) electrons. The van der Waals surface area contributed by atoms with E-state index in [-0.39, 0.29) is 27.8 Å². The molecule has 0 bridgehead atoms. The van der Waals surface area contributed by atoms with Crippen LogP contribution >= 0.6 is 11.6 Å². The number of benzene rings is 2. The van der Waals surface area contributed by atoms with Crippen LogP contribution in [0, 0.1) is 0 Å². The molecule has 2 aliphatic rings. The summed E-state index contributed by atoms with van der Waals surface area (Å²) in [6.45, 7) is -2.50. The van der Waals surface area contributed by atoms with E-state index in [1.54, 1.807) is 6.07 Å². The van der Waals surface area contributed by atoms with E-state index in [1.807, 2.05) is 4.90 Å². The summed E-state index contributed by atoms with van der Waals surface area (Å²) < 4.78 is 59.2. The molecule has 2 aliphatic heterocycles. The number of amides is 1. The first-order valence-electron chi connectivity index (χ1n) is 10.0. The predicted molar refractivity (Wildman–Crippen MR) is 116 cm³/mol. The Morgan fingerprint density at radius 3 is 2.78 bits per heavy atom. The Morgan fingerprint density at radius 2 is 2.00 bits per heavy atom. The van der Waals surface area contributed by atoms with Crippen molar-refractivity contribution in [2.45, 2.75) is 43.7 Å². The van der Waals surface area contributed by atoms with E-state index in [2.05, 4.69) is 14.5 Å². The number of nitrogens with one attached hydrogen (secondary N) is 1. The average molecular weight is 484 g/mol. The minimum absolute atomic E-state index is 0.0466. The number of hydrogen-bond acceptors (Lipinski definition) is 5. The number of fused-ring (bicyclic) bond motifs is 3. The van der Waals surface area contributed by atoms with Crippen LogP contribution in [-0.4, -0.2) is 33.3 Å². The number of rotatable bonds is 5. The van der Waals surface area contributed by atoms with Gasteiger partial charge in [0, 0.05) is 25.1 Å². The fourth-order valence-corrected chi connectivity index (χ4v) is 5.31. The zero-order valence-electron chi connectivity index (χ0n) is 16.9. The standard InChI is InChI=1S/C21H20ClF2N3O4S/c22-15-11-16-18(32(29,30)26-19-8-2-1-5-9-27(16)19)10-14(15)20(28)25-12-13-6-3-4-7-17(13)31-21(23)24/h3-4,6-7,10-11,21H,1-2,5,8-9,12H2,(H,25,28). The number of amidine groups is 1. The maximum absolute atomic E-state index is 12.8. The molecule has 2 aromatic rings. The quantitative estimate of drug-likeness (QED) is 0.683. The highest BCUT2D eigenvalue weighted by molar-refractivity contribution is 7.90. The Bertz CT molecular complexity index is 1190. The third-order valence-corrected chi connectivity index (χ3v) is 6.96. The van der Waals surface area contributed by atoms with Crippen LogP contribution < -0.4 is 15.0 Å². The molecule has 0 unspecified atom stereocenters. The molecule has 4 rings (SSSR count). The highest BCUT2D eigenvalue weighted by Gasteiger charge is 2.33. The lowest BCUT2D eigenvalue weighted by Crippen LogP contribution is -2.35. The van der Waals surface area contributed by atoms with Gasteiger partial charge in [0.2, 0.25) is 0 Å². The second kappa shape index (κ2) is 9.03. The van der Waals surface area contributed by atoms with Crippen molar-refractivity contribution < 1.29 is 26.7 Å². The third kappa shape index (κ3) is 4.56. The van der Waals surface area contributed by atoms with Crippen molar-refractivity contribution >= 4 is 39.1 Å². The van der Waals surface area contributed by atoms with Gasteiger partial charge in [-0.05, 0) is 31.0 Å². The van der Waals surface area contributed by atoms with Gasteiger partial charge in [0.25, 0.3) is 15.9 Å². The molecular weight excluding hydrogens is 464 g/mol. The number of nitrogens with zero attached hydrogens (tertiary/aromatic N) is 2. The molecule has 0 saturated carbocycles. The summed E-state index contributed by atoms with van der Waals surface area (Å²) in [5, 5.41) is 2.66. The van der Waals surface area contributed by atoms with Crippen molar-refractivity contribution in [2.24, 2.45) is 4.40 Å². The summed E-state index contributed by atoms with van der Waals surface area (Å²) >= 11 is 6.36. The van der Waals surface area contributed by atoms with Crippen molar-refractivity contribution in [3.05, 3.63) is 52.5 Å². The molecule has 2 heterocycles. The predicted octanol–water partition coefficient (Wildman–Crippen LogP) is 4.35. The van der Waals surface area contributed by atoms with Crippen molar-refractivity contribution in [3.8, 4) is 5.75 Å². The number of alkyl halides is 2. The molecule has 1 fully saturated rings. The molecule has 11 heteroatoms. The molecule has 0 atom stereocenters. The molecule has 0 aliphatic carbocycles. The lowest BCUT2D eigenvalue weighted by atomic mass is 10.1. The van der Waals surface area contributed by atoms with Gasteiger partial charge in [-0.3, -0.25) is 4.79 Å². The fraction of sp³-hybridized carbons (Fsp3) is 0.333. The van der Waals surface area contributed by atoms with Gasteiger partial charge in [0.05, 0.1) is 16.3 Å². The summed E-state index contributed by atoms with van der Waals surface area (Å²) in [6.07, 6.45) is 3.26. The van der Waals surface area contributed by atoms with Crippen molar-refractivity contribution in [2.75, 3.05) is 11.4 Å². The van der Waals surface area contributed by atoms with Gasteiger partial charge < -0.3 is 15.0 Å². The normalized spacial score (nSPS) is 17.1. The number of para-hydroxylation sites is 1. The van der Waals surface area contributed by atoms with Crippen molar-refractivity contribution in [1.29, 1.82) is 0 Å². The van der Waals surface area contributed by atoms with Crippen LogP contribution in [-0.2, 0) is 16.6 Å². The number of sulfonamides is 1. The van der Waals surface area contributed by atoms with Crippen LogP contribution in [0.3, 0.4) is 0 Å². The molecule has 1 N–H and O–H groups in total. The second-order valence-electron chi connectivity index (χ2n) is 7.41. The Kier molecular flexibility index (Phi) is 6.34. The second-order valence-corrected chi connectivity index (χ2v) is 9.39. The smallest absolute Gasteiger partial charge is 0.387 e. The lowest BCUT2D eigenvalue weighted by molar-refractivity contribution is -0.0504. The maximum atomic E-state index is 12.8. The van der Waals surface area contributed by atoms with Gasteiger partial charge >= 0.3 is 6.61 Å². The minimum atomic E-state index is -3.98. The van der Waals surface area contributed by atoms with Crippen LogP contribution in [0.1, 0.15) is 41.6 Å². The number of halogens is 3. The zero-order valence-corrected chi connectivity index (χ0v) is 18.4. The van der Waals surface area contributed by atoms with E-state index in [1.165, 1.54) is 30.3 Å². The summed E-state index contributed by atoms with van der Waals surface area (Å²) in [5.74, 6) is -0.227. The van der Waals surface area contributed by atoms with Crippen LogP contribution in [0.2, 0.25) is 5.02 Å². The summed E-state index contributed by atoms with van der Waals surface area (Å²) in [4.78, 5) is 14.5. The molecule has 0 spiro atoms. The summed E-state index contributed by atoms with van der Waals surface area (Å²) in [6, 6.07) is 8.74. The highest BCUT2D eigenvalue weighted by Crippen LogP contribution is 2.38. The average Bonchev–Trinajstić information content (AvgIpc) is 2.97. The largest absolute Gasteiger partial charge is 0.434 e. The first kappa shape index (κ1) is 22.5. The Labute approximate surface area is 189 Å². The maximum Gasteiger partial charge on any atom is 0.387 e. The van der Waals surface area contributed by atoms with E-state index < -0.39 is 22.5 Å². The number of carbonyl (C=O) groups is 1. The number of hydrogen-bond donors (Lipinski definition) is 1. The van der Waals surface area contributed by atoms with E-state index in [0.29, 0.717) is 30.1 Å². The number of carbonyl (C=O) groups excluding carboxylic acids is 1. The van der Waals surface area contributed by atoms with Crippen LogP contribution in [0.25, 0.3) is 0 Å². The summed E-state index contributed by atoms with van der Waals surface area (Å²) in [5.41, 5.74) is 0.700. The Balaban J connectivity index is 1.61. The Morgan fingerprint density at radius 1 is 1.22 bits per heavy atom. The number of ether oxygens (including phenoxy) is 1. The molecule has 1 amide bonds. The SMILES string of the molecule is O=C(NCc1ccccc1OC(F)F)c1cc2c(cc1Cl)N1CCCCCC1=NS2(=O)=O. The summed E-state index contributed by atoms with van der Waals surface area (Å²) in [7, 11) is -3.98. The molecule has 0 aromatic heterocycles. The molecule has 32 heavy (non-hydrogen) atoms. The van der Waals surface area contributed by atoms with Crippen LogP contribution in [0.4, 0.5) is 14.5 Å². The minimum Gasteiger partial charge on any atom is -0.434 e. The molecule has 170 valence electrons.